The van der Waals surface area contributed by atoms with Crippen LogP contribution in [0.1, 0.15) is 30.1 Å². The number of nitrogens with two attached hydrogens (primary N) is 2. The summed E-state index contributed by atoms with van der Waals surface area (Å²) in [5.41, 5.74) is 11.6. The Hall–Kier alpha value is -2.24. The predicted molar refractivity (Wildman–Crippen MR) is 75.3 cm³/mol. The molecule has 0 bridgehead atoms. The first-order valence-corrected chi connectivity index (χ1v) is 6.64. The fraction of sp³-hybridized carbons (Fsp3) is 0.429. The third-order valence-electron chi connectivity index (χ3n) is 3.34. The molecular formula is C14H19N3O3. The van der Waals surface area contributed by atoms with Crippen LogP contribution in [0, 0.1) is 0 Å². The first-order valence-electron chi connectivity index (χ1n) is 6.64. The Kier molecular flexibility index (Phi) is 4.12. The van der Waals surface area contributed by atoms with Crippen LogP contribution in [0.25, 0.3) is 0 Å². The monoisotopic (exact) mass is 277 g/mol. The number of hydrogen-bond donors (Lipinski definition) is 2. The molecule has 1 atom stereocenters. The topological polar surface area (TPSA) is 98.6 Å². The van der Waals surface area contributed by atoms with Crippen LogP contribution in [-0.4, -0.2) is 35.9 Å². The number of primary amides is 1. The van der Waals surface area contributed by atoms with Crippen LogP contribution in [0.2, 0.25) is 0 Å². The van der Waals surface area contributed by atoms with Gasteiger partial charge in [0.15, 0.2) is 6.10 Å². The Morgan fingerprint density at radius 1 is 1.30 bits per heavy atom. The Morgan fingerprint density at radius 2 is 1.95 bits per heavy atom. The van der Waals surface area contributed by atoms with Crippen molar-refractivity contribution in [2.24, 2.45) is 5.73 Å². The van der Waals surface area contributed by atoms with E-state index in [4.69, 9.17) is 16.2 Å². The summed E-state index contributed by atoms with van der Waals surface area (Å²) < 4.78 is 5.59. The van der Waals surface area contributed by atoms with Gasteiger partial charge >= 0.3 is 0 Å². The van der Waals surface area contributed by atoms with Gasteiger partial charge in [0.1, 0.15) is 5.75 Å². The summed E-state index contributed by atoms with van der Waals surface area (Å²) in [5.74, 6) is -0.446. The molecule has 1 unspecified atom stereocenters. The molecule has 1 aliphatic rings. The normalized spacial score (nSPS) is 15.9. The van der Waals surface area contributed by atoms with E-state index in [0.29, 0.717) is 5.69 Å². The van der Waals surface area contributed by atoms with E-state index in [-0.39, 0.29) is 17.2 Å². The highest BCUT2D eigenvalue weighted by Crippen LogP contribution is 2.23. The fourth-order valence-electron chi connectivity index (χ4n) is 2.28. The van der Waals surface area contributed by atoms with Crippen molar-refractivity contribution < 1.29 is 14.3 Å². The minimum atomic E-state index is -0.673. The molecule has 0 saturated carbocycles. The summed E-state index contributed by atoms with van der Waals surface area (Å²) in [6.07, 6.45) is 1.36. The number of anilines is 1. The Balaban J connectivity index is 2.14. The van der Waals surface area contributed by atoms with Gasteiger partial charge in [0, 0.05) is 24.8 Å². The molecule has 0 aromatic heterocycles. The van der Waals surface area contributed by atoms with E-state index in [1.54, 1.807) is 17.9 Å². The van der Waals surface area contributed by atoms with Crippen molar-refractivity contribution in [2.45, 2.75) is 25.9 Å². The van der Waals surface area contributed by atoms with Gasteiger partial charge in [0.2, 0.25) is 0 Å². The number of benzene rings is 1. The molecule has 2 rings (SSSR count). The molecule has 0 radical (unpaired) electrons. The number of hydrogen-bond acceptors (Lipinski definition) is 4. The average Bonchev–Trinajstić information content (AvgIpc) is 2.91. The molecule has 1 aliphatic heterocycles. The number of nitrogen functional groups attached to an aromatic ring is 1. The maximum Gasteiger partial charge on any atom is 0.263 e. The van der Waals surface area contributed by atoms with E-state index in [0.717, 1.165) is 25.9 Å². The van der Waals surface area contributed by atoms with Crippen molar-refractivity contribution in [3.8, 4) is 5.75 Å². The Labute approximate surface area is 117 Å². The average molecular weight is 277 g/mol. The van der Waals surface area contributed by atoms with Gasteiger partial charge in [-0.1, -0.05) is 0 Å². The second-order valence-corrected chi connectivity index (χ2v) is 4.91. The predicted octanol–water partition coefficient (Wildman–Crippen LogP) is 0.757. The maximum absolute atomic E-state index is 12.2. The number of nitrogens with zero attached hydrogens (tertiary/aromatic N) is 1. The zero-order chi connectivity index (χ0) is 14.7. The van der Waals surface area contributed by atoms with Gasteiger partial charge in [-0.15, -0.1) is 0 Å². The Bertz CT molecular complexity index is 524. The molecule has 1 heterocycles. The molecule has 0 aliphatic carbocycles. The number of carbonyl (C=O) groups excluding carboxylic acids is 2. The van der Waals surface area contributed by atoms with Gasteiger partial charge in [-0.2, -0.15) is 0 Å². The fourth-order valence-corrected chi connectivity index (χ4v) is 2.28. The van der Waals surface area contributed by atoms with Crippen molar-refractivity contribution in [1.29, 1.82) is 0 Å². The SMILES string of the molecule is CC(Oc1cc(N)ccc1C(N)=O)C(=O)N1CCCC1. The molecule has 4 N–H and O–H groups in total. The van der Waals surface area contributed by atoms with E-state index in [1.165, 1.54) is 12.1 Å². The number of ether oxygens (including phenoxy) is 1. The molecule has 108 valence electrons. The second-order valence-electron chi connectivity index (χ2n) is 4.91. The lowest BCUT2D eigenvalue weighted by Crippen LogP contribution is -2.38. The lowest BCUT2D eigenvalue weighted by atomic mass is 10.1. The van der Waals surface area contributed by atoms with E-state index in [9.17, 15) is 9.59 Å². The van der Waals surface area contributed by atoms with E-state index < -0.39 is 12.0 Å². The molecule has 2 amide bonds. The number of rotatable bonds is 4. The molecule has 20 heavy (non-hydrogen) atoms. The Morgan fingerprint density at radius 3 is 2.55 bits per heavy atom. The maximum atomic E-state index is 12.2. The van der Waals surface area contributed by atoms with Crippen LogP contribution in [0.4, 0.5) is 5.69 Å². The zero-order valence-electron chi connectivity index (χ0n) is 11.5. The van der Waals surface area contributed by atoms with Crippen LogP contribution in [0.3, 0.4) is 0 Å². The molecule has 1 aromatic rings. The third kappa shape index (κ3) is 3.01. The van der Waals surface area contributed by atoms with E-state index in [2.05, 4.69) is 0 Å². The van der Waals surface area contributed by atoms with Crippen molar-refractivity contribution in [3.05, 3.63) is 23.8 Å². The van der Waals surface area contributed by atoms with Crippen LogP contribution in [-0.2, 0) is 4.79 Å². The van der Waals surface area contributed by atoms with Crippen LogP contribution >= 0.6 is 0 Å². The van der Waals surface area contributed by atoms with Gasteiger partial charge < -0.3 is 21.1 Å². The number of carbonyl (C=O) groups is 2. The molecule has 6 heteroatoms. The standard InChI is InChI=1S/C14H19N3O3/c1-9(14(19)17-6-2-3-7-17)20-12-8-10(15)4-5-11(12)13(16)18/h4-5,8-9H,2-3,6-7,15H2,1H3,(H2,16,18). The number of amides is 2. The summed E-state index contributed by atoms with van der Waals surface area (Å²) in [4.78, 5) is 25.3. The third-order valence-corrected chi connectivity index (χ3v) is 3.34. The first kappa shape index (κ1) is 14.2. The second kappa shape index (κ2) is 5.81. The highest BCUT2D eigenvalue weighted by atomic mass is 16.5. The van der Waals surface area contributed by atoms with E-state index >= 15 is 0 Å². The lowest BCUT2D eigenvalue weighted by Gasteiger charge is -2.22. The minimum Gasteiger partial charge on any atom is -0.480 e. The molecular weight excluding hydrogens is 258 g/mol. The summed E-state index contributed by atoms with van der Waals surface area (Å²) in [6, 6.07) is 4.58. The molecule has 1 saturated heterocycles. The summed E-state index contributed by atoms with van der Waals surface area (Å²) in [7, 11) is 0. The smallest absolute Gasteiger partial charge is 0.263 e. The van der Waals surface area contributed by atoms with Crippen molar-refractivity contribution >= 4 is 17.5 Å². The number of likely N-dealkylation sites (tertiary alicyclic amines) is 1. The summed E-state index contributed by atoms with van der Waals surface area (Å²) >= 11 is 0. The van der Waals surface area contributed by atoms with Gasteiger partial charge in [0.25, 0.3) is 11.8 Å². The largest absolute Gasteiger partial charge is 0.480 e. The van der Waals surface area contributed by atoms with Gasteiger partial charge in [-0.25, -0.2) is 0 Å². The van der Waals surface area contributed by atoms with Gasteiger partial charge in [-0.05, 0) is 31.9 Å². The van der Waals surface area contributed by atoms with Crippen molar-refractivity contribution in [2.75, 3.05) is 18.8 Å². The van der Waals surface area contributed by atoms with Crippen molar-refractivity contribution in [3.63, 3.8) is 0 Å². The first-order chi connectivity index (χ1) is 9.49. The minimum absolute atomic E-state index is 0.0830. The highest BCUT2D eigenvalue weighted by molar-refractivity contribution is 5.96. The van der Waals surface area contributed by atoms with Crippen molar-refractivity contribution in [1.82, 2.24) is 4.90 Å². The van der Waals surface area contributed by atoms with E-state index in [1.807, 2.05) is 0 Å². The zero-order valence-corrected chi connectivity index (χ0v) is 11.5. The lowest BCUT2D eigenvalue weighted by molar-refractivity contribution is -0.136. The van der Waals surface area contributed by atoms with Crippen LogP contribution in [0.15, 0.2) is 18.2 Å². The molecule has 0 spiro atoms. The summed E-state index contributed by atoms with van der Waals surface area (Å²) in [5, 5.41) is 0. The van der Waals surface area contributed by atoms with Gasteiger partial charge in [-0.3, -0.25) is 9.59 Å². The molecule has 1 aromatic carbocycles. The quantitative estimate of drug-likeness (QED) is 0.794. The molecule has 1 fully saturated rings. The highest BCUT2D eigenvalue weighted by Gasteiger charge is 2.25. The molecule has 6 nitrogen and oxygen atoms in total. The van der Waals surface area contributed by atoms with Crippen LogP contribution in [0.5, 0.6) is 5.75 Å². The van der Waals surface area contributed by atoms with Crippen LogP contribution < -0.4 is 16.2 Å². The summed E-state index contributed by atoms with van der Waals surface area (Å²) in [6.45, 7) is 3.17. The van der Waals surface area contributed by atoms with Gasteiger partial charge in [0.05, 0.1) is 5.56 Å².